The van der Waals surface area contributed by atoms with Crippen LogP contribution in [0.2, 0.25) is 0 Å². The maximum absolute atomic E-state index is 12.3. The van der Waals surface area contributed by atoms with Gasteiger partial charge in [-0.05, 0) is 72.6 Å². The minimum absolute atomic E-state index is 0.0945. The Kier molecular flexibility index (Phi) is 4.82. The first-order chi connectivity index (χ1) is 12.3. The van der Waals surface area contributed by atoms with Gasteiger partial charge in [-0.1, -0.05) is 0 Å². The van der Waals surface area contributed by atoms with Crippen molar-refractivity contribution in [1.29, 1.82) is 0 Å². The zero-order chi connectivity index (χ0) is 18.9. The summed E-state index contributed by atoms with van der Waals surface area (Å²) in [5, 5.41) is 0. The van der Waals surface area contributed by atoms with Crippen molar-refractivity contribution in [1.82, 2.24) is 4.57 Å². The average Bonchev–Trinajstić information content (AvgIpc) is 2.96. The number of halogens is 2. The van der Waals surface area contributed by atoms with E-state index < -0.39 is 16.4 Å². The van der Waals surface area contributed by atoms with Crippen LogP contribution < -0.4 is 4.74 Å². The summed E-state index contributed by atoms with van der Waals surface area (Å²) in [5.74, 6) is 0.0945. The van der Waals surface area contributed by atoms with Gasteiger partial charge in [0.25, 0.3) is 0 Å². The minimum Gasteiger partial charge on any atom is -0.435 e. The van der Waals surface area contributed by atoms with Gasteiger partial charge in [-0.25, -0.2) is 8.42 Å². The minimum atomic E-state index is -3.26. The topological polar surface area (TPSA) is 48.3 Å². The molecule has 0 aliphatic heterocycles. The molecular weight excluding hydrogens is 360 g/mol. The van der Waals surface area contributed by atoms with Crippen molar-refractivity contribution in [3.05, 3.63) is 66.4 Å². The summed E-state index contributed by atoms with van der Waals surface area (Å²) in [4.78, 5) is 0.250. The van der Waals surface area contributed by atoms with Crippen LogP contribution in [0.4, 0.5) is 8.78 Å². The molecule has 0 radical (unpaired) electrons. The summed E-state index contributed by atoms with van der Waals surface area (Å²) >= 11 is 0. The molecule has 136 valence electrons. The van der Waals surface area contributed by atoms with E-state index in [1.54, 1.807) is 36.4 Å². The molecule has 0 fully saturated rings. The van der Waals surface area contributed by atoms with Crippen molar-refractivity contribution in [2.75, 3.05) is 6.26 Å². The lowest BCUT2D eigenvalue weighted by molar-refractivity contribution is -0.0498. The first kappa shape index (κ1) is 18.1. The van der Waals surface area contributed by atoms with Crippen LogP contribution in [0.25, 0.3) is 16.9 Å². The third kappa shape index (κ3) is 3.77. The molecule has 1 aromatic heterocycles. The number of ether oxygens (including phenoxy) is 1. The molecule has 0 N–H and O–H groups in total. The summed E-state index contributed by atoms with van der Waals surface area (Å²) < 4.78 is 54.1. The number of sulfone groups is 1. The molecule has 0 spiro atoms. The number of aromatic nitrogens is 1. The Morgan fingerprint density at radius 2 is 1.58 bits per heavy atom. The smallest absolute Gasteiger partial charge is 0.387 e. The fourth-order valence-corrected chi connectivity index (χ4v) is 3.39. The van der Waals surface area contributed by atoms with Gasteiger partial charge in [0.05, 0.1) is 10.6 Å². The van der Waals surface area contributed by atoms with Crippen molar-refractivity contribution >= 4 is 9.84 Å². The zero-order valence-corrected chi connectivity index (χ0v) is 15.0. The lowest BCUT2D eigenvalue weighted by Gasteiger charge is -2.12. The third-order valence-corrected chi connectivity index (χ3v) is 5.11. The summed E-state index contributed by atoms with van der Waals surface area (Å²) in [6, 6.07) is 14.9. The number of benzene rings is 2. The Labute approximate surface area is 150 Å². The summed E-state index contributed by atoms with van der Waals surface area (Å²) in [6.45, 7) is -0.917. The molecule has 0 aliphatic rings. The molecule has 4 nitrogen and oxygen atoms in total. The van der Waals surface area contributed by atoms with Crippen molar-refractivity contribution in [3.63, 3.8) is 0 Å². The van der Waals surface area contributed by atoms with Crippen LogP contribution >= 0.6 is 0 Å². The van der Waals surface area contributed by atoms with Gasteiger partial charge in [0, 0.05) is 18.1 Å². The predicted octanol–water partition coefficient (Wildman–Crippen LogP) is 4.46. The van der Waals surface area contributed by atoms with E-state index in [-0.39, 0.29) is 10.6 Å². The molecule has 0 unspecified atom stereocenters. The van der Waals surface area contributed by atoms with Crippen LogP contribution in [0.5, 0.6) is 5.75 Å². The standard InChI is InChI=1S/C19H17F2NO3S/c1-13-11-12-22(15-5-9-17(10-6-15)26(2,23)24)18(13)14-3-7-16(8-4-14)25-19(20)21/h3-12,19H,1-2H3. The molecular formula is C19H17F2NO3S. The SMILES string of the molecule is Cc1ccn(-c2ccc(S(C)(=O)=O)cc2)c1-c1ccc(OC(F)F)cc1. The maximum Gasteiger partial charge on any atom is 0.387 e. The molecule has 3 rings (SSSR count). The molecule has 0 amide bonds. The van der Waals surface area contributed by atoms with Gasteiger partial charge < -0.3 is 9.30 Å². The van der Waals surface area contributed by atoms with Gasteiger partial charge in [0.2, 0.25) is 0 Å². The van der Waals surface area contributed by atoms with Crippen LogP contribution in [0, 0.1) is 6.92 Å². The van der Waals surface area contributed by atoms with Gasteiger partial charge in [0.15, 0.2) is 9.84 Å². The Morgan fingerprint density at radius 3 is 2.12 bits per heavy atom. The number of alkyl halides is 2. The van der Waals surface area contributed by atoms with Crippen molar-refractivity contribution in [2.24, 2.45) is 0 Å². The highest BCUT2D eigenvalue weighted by molar-refractivity contribution is 7.90. The molecule has 0 saturated carbocycles. The molecule has 0 atom stereocenters. The second-order valence-corrected chi connectivity index (χ2v) is 7.90. The van der Waals surface area contributed by atoms with Crippen LogP contribution in [0.3, 0.4) is 0 Å². The normalized spacial score (nSPS) is 11.7. The average molecular weight is 377 g/mol. The van der Waals surface area contributed by atoms with Crippen LogP contribution in [-0.4, -0.2) is 25.9 Å². The molecule has 1 heterocycles. The number of hydrogen-bond donors (Lipinski definition) is 0. The van der Waals surface area contributed by atoms with Gasteiger partial charge in [-0.2, -0.15) is 8.78 Å². The van der Waals surface area contributed by atoms with E-state index in [4.69, 9.17) is 0 Å². The Morgan fingerprint density at radius 1 is 0.962 bits per heavy atom. The van der Waals surface area contributed by atoms with E-state index in [0.717, 1.165) is 28.8 Å². The first-order valence-corrected chi connectivity index (χ1v) is 9.68. The molecule has 3 aromatic rings. The first-order valence-electron chi connectivity index (χ1n) is 7.79. The highest BCUT2D eigenvalue weighted by Gasteiger charge is 2.13. The molecule has 0 aliphatic carbocycles. The second kappa shape index (κ2) is 6.92. The van der Waals surface area contributed by atoms with E-state index in [9.17, 15) is 17.2 Å². The van der Waals surface area contributed by atoms with E-state index in [0.29, 0.717) is 0 Å². The van der Waals surface area contributed by atoms with Crippen molar-refractivity contribution in [2.45, 2.75) is 18.4 Å². The largest absolute Gasteiger partial charge is 0.435 e. The molecule has 26 heavy (non-hydrogen) atoms. The lowest BCUT2D eigenvalue weighted by Crippen LogP contribution is -2.02. The number of hydrogen-bond acceptors (Lipinski definition) is 3. The Hall–Kier alpha value is -2.67. The van der Waals surface area contributed by atoms with E-state index in [1.807, 2.05) is 23.8 Å². The van der Waals surface area contributed by atoms with Gasteiger partial charge in [0.1, 0.15) is 5.75 Å². The Balaban J connectivity index is 1.99. The Bertz CT molecular complexity index is 1010. The fourth-order valence-electron chi connectivity index (χ4n) is 2.76. The number of rotatable bonds is 5. The highest BCUT2D eigenvalue weighted by Crippen LogP contribution is 2.30. The van der Waals surface area contributed by atoms with Gasteiger partial charge >= 0.3 is 6.61 Å². The van der Waals surface area contributed by atoms with Crippen molar-refractivity contribution < 1.29 is 21.9 Å². The van der Waals surface area contributed by atoms with E-state index >= 15 is 0 Å². The molecule has 0 saturated heterocycles. The number of aryl methyl sites for hydroxylation is 1. The van der Waals surface area contributed by atoms with E-state index in [1.165, 1.54) is 12.1 Å². The van der Waals surface area contributed by atoms with Crippen LogP contribution in [0.1, 0.15) is 5.56 Å². The second-order valence-electron chi connectivity index (χ2n) is 5.89. The van der Waals surface area contributed by atoms with Crippen LogP contribution in [-0.2, 0) is 9.84 Å². The fraction of sp³-hybridized carbons (Fsp3) is 0.158. The van der Waals surface area contributed by atoms with Crippen LogP contribution in [0.15, 0.2) is 65.7 Å². The number of nitrogens with zero attached hydrogens (tertiary/aromatic N) is 1. The zero-order valence-electron chi connectivity index (χ0n) is 14.2. The quantitative estimate of drug-likeness (QED) is 0.660. The van der Waals surface area contributed by atoms with E-state index in [2.05, 4.69) is 4.74 Å². The van der Waals surface area contributed by atoms with Gasteiger partial charge in [-0.3, -0.25) is 0 Å². The lowest BCUT2D eigenvalue weighted by atomic mass is 10.1. The van der Waals surface area contributed by atoms with Gasteiger partial charge in [-0.15, -0.1) is 0 Å². The summed E-state index contributed by atoms with van der Waals surface area (Å²) in [5.41, 5.74) is 3.52. The predicted molar refractivity (Wildman–Crippen MR) is 95.7 cm³/mol. The third-order valence-electron chi connectivity index (χ3n) is 3.98. The summed E-state index contributed by atoms with van der Waals surface area (Å²) in [6.07, 6.45) is 3.04. The molecule has 0 bridgehead atoms. The molecule has 7 heteroatoms. The maximum atomic E-state index is 12.3. The molecule has 2 aromatic carbocycles. The van der Waals surface area contributed by atoms with Crippen molar-refractivity contribution in [3.8, 4) is 22.7 Å². The summed E-state index contributed by atoms with van der Waals surface area (Å²) in [7, 11) is -3.26. The monoisotopic (exact) mass is 377 g/mol. The highest BCUT2D eigenvalue weighted by atomic mass is 32.2.